The van der Waals surface area contributed by atoms with Crippen LogP contribution in [0.4, 0.5) is 0 Å². The summed E-state index contributed by atoms with van der Waals surface area (Å²) >= 11 is 7.99. The highest BCUT2D eigenvalue weighted by molar-refractivity contribution is 7.09. The summed E-state index contributed by atoms with van der Waals surface area (Å²) in [7, 11) is 0. The molecule has 0 saturated heterocycles. The van der Waals surface area contributed by atoms with Crippen molar-refractivity contribution < 1.29 is 4.74 Å². The number of hydrogen-bond acceptors (Lipinski definition) is 3. The molecule has 0 fully saturated rings. The van der Waals surface area contributed by atoms with E-state index in [4.69, 9.17) is 16.3 Å². The zero-order valence-electron chi connectivity index (χ0n) is 11.9. The zero-order chi connectivity index (χ0) is 14.4. The zero-order valence-corrected chi connectivity index (χ0v) is 13.4. The van der Waals surface area contributed by atoms with Gasteiger partial charge in [-0.2, -0.15) is 0 Å². The largest absolute Gasteiger partial charge is 0.488 e. The topological polar surface area (TPSA) is 21.3 Å². The summed E-state index contributed by atoms with van der Waals surface area (Å²) in [5.41, 5.74) is 1.03. The molecule has 1 aromatic carbocycles. The van der Waals surface area contributed by atoms with Crippen molar-refractivity contribution in [2.75, 3.05) is 6.54 Å². The van der Waals surface area contributed by atoms with Crippen LogP contribution in [0.5, 0.6) is 5.75 Å². The standard InChI is InChI=1S/C16H20ClNOS/c1-12(2)9-18-10-14-15(17)6-3-7-16(14)19-11-13-5-4-8-20-13/h3-8,12,18H,9-11H2,1-2H3. The Bertz CT molecular complexity index is 525. The molecule has 0 unspecified atom stereocenters. The Labute approximate surface area is 129 Å². The van der Waals surface area contributed by atoms with E-state index in [-0.39, 0.29) is 0 Å². The fraction of sp³-hybridized carbons (Fsp3) is 0.375. The number of rotatable bonds is 7. The van der Waals surface area contributed by atoms with Crippen LogP contribution in [0.2, 0.25) is 5.02 Å². The maximum absolute atomic E-state index is 6.29. The molecule has 0 saturated carbocycles. The van der Waals surface area contributed by atoms with Gasteiger partial charge in [0.25, 0.3) is 0 Å². The van der Waals surface area contributed by atoms with Crippen molar-refractivity contribution in [2.24, 2.45) is 5.92 Å². The van der Waals surface area contributed by atoms with E-state index in [1.807, 2.05) is 24.3 Å². The molecule has 1 N–H and O–H groups in total. The van der Waals surface area contributed by atoms with Crippen LogP contribution in [-0.2, 0) is 13.2 Å². The number of hydrogen-bond donors (Lipinski definition) is 1. The molecule has 4 heteroatoms. The van der Waals surface area contributed by atoms with Crippen molar-refractivity contribution in [2.45, 2.75) is 27.0 Å². The Balaban J connectivity index is 2.01. The molecular formula is C16H20ClNOS. The van der Waals surface area contributed by atoms with Crippen molar-refractivity contribution >= 4 is 22.9 Å². The smallest absolute Gasteiger partial charge is 0.125 e. The fourth-order valence-corrected chi connectivity index (χ4v) is 2.72. The second-order valence-corrected chi connectivity index (χ2v) is 6.55. The number of nitrogens with one attached hydrogen (secondary N) is 1. The molecule has 0 aliphatic heterocycles. The van der Waals surface area contributed by atoms with Gasteiger partial charge in [-0.3, -0.25) is 0 Å². The van der Waals surface area contributed by atoms with E-state index >= 15 is 0 Å². The van der Waals surface area contributed by atoms with Crippen LogP contribution in [0.15, 0.2) is 35.7 Å². The van der Waals surface area contributed by atoms with Gasteiger partial charge in [0, 0.05) is 22.0 Å². The second-order valence-electron chi connectivity index (χ2n) is 5.11. The summed E-state index contributed by atoms with van der Waals surface area (Å²) in [6.07, 6.45) is 0. The van der Waals surface area contributed by atoms with Crippen molar-refractivity contribution in [3.63, 3.8) is 0 Å². The molecule has 1 heterocycles. The van der Waals surface area contributed by atoms with Gasteiger partial charge >= 0.3 is 0 Å². The fourth-order valence-electron chi connectivity index (χ4n) is 1.88. The first-order valence-corrected chi connectivity index (χ1v) is 8.06. The average Bonchev–Trinajstić information content (AvgIpc) is 2.91. The molecule has 0 aliphatic carbocycles. The van der Waals surface area contributed by atoms with Gasteiger partial charge in [0.1, 0.15) is 12.4 Å². The molecule has 0 amide bonds. The lowest BCUT2D eigenvalue weighted by Gasteiger charge is -2.14. The molecule has 0 atom stereocenters. The first-order valence-electron chi connectivity index (χ1n) is 6.80. The normalized spacial score (nSPS) is 11.0. The summed E-state index contributed by atoms with van der Waals surface area (Å²) < 4.78 is 5.91. The van der Waals surface area contributed by atoms with E-state index in [0.717, 1.165) is 29.4 Å². The van der Waals surface area contributed by atoms with Crippen molar-refractivity contribution in [1.82, 2.24) is 5.32 Å². The summed E-state index contributed by atoms with van der Waals surface area (Å²) in [6, 6.07) is 9.92. The van der Waals surface area contributed by atoms with Crippen LogP contribution < -0.4 is 10.1 Å². The maximum atomic E-state index is 6.29. The summed E-state index contributed by atoms with van der Waals surface area (Å²) in [5.74, 6) is 1.48. The minimum Gasteiger partial charge on any atom is -0.488 e. The van der Waals surface area contributed by atoms with Gasteiger partial charge in [0.2, 0.25) is 0 Å². The van der Waals surface area contributed by atoms with Gasteiger partial charge in [0.15, 0.2) is 0 Å². The minimum absolute atomic E-state index is 0.592. The highest BCUT2D eigenvalue weighted by Crippen LogP contribution is 2.27. The second kappa shape index (κ2) is 7.67. The summed E-state index contributed by atoms with van der Waals surface area (Å²) in [4.78, 5) is 1.21. The van der Waals surface area contributed by atoms with Crippen LogP contribution in [0.1, 0.15) is 24.3 Å². The quantitative estimate of drug-likeness (QED) is 0.798. The predicted molar refractivity (Wildman–Crippen MR) is 86.6 cm³/mol. The number of halogens is 1. The third kappa shape index (κ3) is 4.51. The molecule has 2 rings (SSSR count). The highest BCUT2D eigenvalue weighted by Gasteiger charge is 2.09. The van der Waals surface area contributed by atoms with Gasteiger partial charge in [-0.1, -0.05) is 37.6 Å². The summed E-state index contributed by atoms with van der Waals surface area (Å²) in [5, 5.41) is 6.23. The van der Waals surface area contributed by atoms with Crippen molar-refractivity contribution in [3.05, 3.63) is 51.2 Å². The first kappa shape index (κ1) is 15.4. The van der Waals surface area contributed by atoms with Crippen molar-refractivity contribution in [1.29, 1.82) is 0 Å². The van der Waals surface area contributed by atoms with E-state index in [2.05, 4.69) is 30.6 Å². The molecule has 0 aliphatic rings. The third-order valence-electron chi connectivity index (χ3n) is 2.88. The van der Waals surface area contributed by atoms with E-state index in [9.17, 15) is 0 Å². The van der Waals surface area contributed by atoms with E-state index in [1.165, 1.54) is 4.88 Å². The molecule has 0 bridgehead atoms. The van der Waals surface area contributed by atoms with Gasteiger partial charge in [-0.05, 0) is 36.0 Å². The third-order valence-corrected chi connectivity index (χ3v) is 4.08. The molecule has 2 aromatic rings. The van der Waals surface area contributed by atoms with Gasteiger partial charge < -0.3 is 10.1 Å². The Morgan fingerprint density at radius 3 is 2.80 bits per heavy atom. The molecule has 2 nitrogen and oxygen atoms in total. The SMILES string of the molecule is CC(C)CNCc1c(Cl)cccc1OCc1cccs1. The molecule has 108 valence electrons. The minimum atomic E-state index is 0.592. The lowest BCUT2D eigenvalue weighted by Crippen LogP contribution is -2.19. The Kier molecular flexibility index (Phi) is 5.89. The lowest BCUT2D eigenvalue weighted by atomic mass is 10.1. The van der Waals surface area contributed by atoms with Crippen LogP contribution in [0, 0.1) is 5.92 Å². The molecule has 0 spiro atoms. The maximum Gasteiger partial charge on any atom is 0.125 e. The number of thiophene rings is 1. The molecular weight excluding hydrogens is 290 g/mol. The number of benzene rings is 1. The van der Waals surface area contributed by atoms with Crippen LogP contribution in [0.3, 0.4) is 0 Å². The van der Waals surface area contributed by atoms with E-state index < -0.39 is 0 Å². The Morgan fingerprint density at radius 2 is 2.10 bits per heavy atom. The van der Waals surface area contributed by atoms with Gasteiger partial charge in [-0.15, -0.1) is 11.3 Å². The molecule has 0 radical (unpaired) electrons. The van der Waals surface area contributed by atoms with Crippen LogP contribution in [-0.4, -0.2) is 6.54 Å². The van der Waals surface area contributed by atoms with E-state index in [1.54, 1.807) is 11.3 Å². The average molecular weight is 310 g/mol. The molecule has 1 aromatic heterocycles. The Morgan fingerprint density at radius 1 is 1.25 bits per heavy atom. The van der Waals surface area contributed by atoms with Gasteiger partial charge in [-0.25, -0.2) is 0 Å². The van der Waals surface area contributed by atoms with E-state index in [0.29, 0.717) is 12.5 Å². The highest BCUT2D eigenvalue weighted by atomic mass is 35.5. The Hall–Kier alpha value is -1.03. The van der Waals surface area contributed by atoms with Crippen LogP contribution in [0.25, 0.3) is 0 Å². The number of ether oxygens (including phenoxy) is 1. The van der Waals surface area contributed by atoms with Crippen molar-refractivity contribution in [3.8, 4) is 5.75 Å². The monoisotopic (exact) mass is 309 g/mol. The lowest BCUT2D eigenvalue weighted by molar-refractivity contribution is 0.305. The predicted octanol–water partition coefficient (Wildman–Crippen LogP) is 4.73. The first-order chi connectivity index (χ1) is 9.66. The van der Waals surface area contributed by atoms with Gasteiger partial charge in [0.05, 0.1) is 0 Å². The summed E-state index contributed by atoms with van der Waals surface area (Å²) in [6.45, 7) is 6.67. The molecule has 20 heavy (non-hydrogen) atoms. The van der Waals surface area contributed by atoms with Crippen LogP contribution >= 0.6 is 22.9 Å².